The standard InChI is InChI=1S/C17H24INO4S/c1-11(2)10-16(23-14(5)20)17(13(4)18)19-24(21,22)15-8-6-12(3)7-9-15/h6-9,11,16-17,19H,4,10H2,1-3,5H3/t16-,17+/m0/s1. The molecule has 0 spiro atoms. The van der Waals surface area contributed by atoms with Gasteiger partial charge in [-0.05, 0) is 54.0 Å². The fourth-order valence-electron chi connectivity index (χ4n) is 2.22. The van der Waals surface area contributed by atoms with Gasteiger partial charge in [0.2, 0.25) is 10.0 Å². The predicted molar refractivity (Wildman–Crippen MR) is 103 cm³/mol. The zero-order chi connectivity index (χ0) is 18.5. The molecule has 0 radical (unpaired) electrons. The van der Waals surface area contributed by atoms with E-state index in [0.717, 1.165) is 5.56 Å². The Morgan fingerprint density at radius 1 is 1.29 bits per heavy atom. The minimum absolute atomic E-state index is 0.168. The molecule has 0 aliphatic carbocycles. The minimum Gasteiger partial charge on any atom is -0.460 e. The third kappa shape index (κ3) is 6.52. The number of aryl methyl sites for hydroxylation is 1. The minimum atomic E-state index is -3.74. The summed E-state index contributed by atoms with van der Waals surface area (Å²) in [4.78, 5) is 11.6. The molecule has 0 saturated carbocycles. The molecule has 7 heteroatoms. The summed E-state index contributed by atoms with van der Waals surface area (Å²) in [5, 5.41) is 0. The molecule has 134 valence electrons. The van der Waals surface area contributed by atoms with Crippen LogP contribution in [-0.4, -0.2) is 26.5 Å². The average molecular weight is 465 g/mol. The van der Waals surface area contributed by atoms with E-state index in [1.807, 2.05) is 43.4 Å². The molecule has 2 atom stereocenters. The van der Waals surface area contributed by atoms with E-state index in [9.17, 15) is 13.2 Å². The number of rotatable bonds is 8. The SMILES string of the molecule is C=C(I)[C@@H](NS(=O)(=O)c1ccc(C)cc1)[C@H](CC(C)C)OC(C)=O. The average Bonchev–Trinajstić information content (AvgIpc) is 2.43. The summed E-state index contributed by atoms with van der Waals surface area (Å²) in [6.45, 7) is 11.0. The number of ether oxygens (including phenoxy) is 1. The van der Waals surface area contributed by atoms with Crippen LogP contribution in [0.15, 0.2) is 39.3 Å². The molecule has 1 aromatic carbocycles. The van der Waals surface area contributed by atoms with Gasteiger partial charge in [0.1, 0.15) is 6.10 Å². The zero-order valence-electron chi connectivity index (χ0n) is 14.4. The van der Waals surface area contributed by atoms with Crippen LogP contribution in [0.3, 0.4) is 0 Å². The molecule has 24 heavy (non-hydrogen) atoms. The topological polar surface area (TPSA) is 72.5 Å². The van der Waals surface area contributed by atoms with Crippen molar-refractivity contribution in [1.29, 1.82) is 0 Å². The van der Waals surface area contributed by atoms with Gasteiger partial charge in [-0.2, -0.15) is 4.72 Å². The van der Waals surface area contributed by atoms with Gasteiger partial charge in [0.25, 0.3) is 0 Å². The Morgan fingerprint density at radius 3 is 2.25 bits per heavy atom. The van der Waals surface area contributed by atoms with Crippen LogP contribution in [0.1, 0.15) is 32.8 Å². The Hall–Kier alpha value is -0.930. The van der Waals surface area contributed by atoms with Gasteiger partial charge in [-0.3, -0.25) is 4.79 Å². The number of sulfonamides is 1. The molecule has 0 unspecified atom stereocenters. The fourth-order valence-corrected chi connectivity index (χ4v) is 4.25. The van der Waals surface area contributed by atoms with Crippen LogP contribution < -0.4 is 4.72 Å². The molecule has 0 amide bonds. The smallest absolute Gasteiger partial charge is 0.302 e. The van der Waals surface area contributed by atoms with Gasteiger partial charge >= 0.3 is 5.97 Å². The van der Waals surface area contributed by atoms with Crippen molar-refractivity contribution >= 4 is 38.6 Å². The Morgan fingerprint density at radius 2 is 1.83 bits per heavy atom. The Balaban J connectivity index is 3.11. The summed E-state index contributed by atoms with van der Waals surface area (Å²) >= 11 is 1.97. The molecule has 0 heterocycles. The summed E-state index contributed by atoms with van der Waals surface area (Å²) in [6, 6.07) is 5.88. The van der Waals surface area contributed by atoms with E-state index in [1.54, 1.807) is 24.3 Å². The van der Waals surface area contributed by atoms with Crippen LogP contribution in [0.25, 0.3) is 0 Å². The second-order valence-electron chi connectivity index (χ2n) is 6.14. The number of carbonyl (C=O) groups excluding carboxylic acids is 1. The molecule has 0 aliphatic heterocycles. The summed E-state index contributed by atoms with van der Waals surface area (Å²) < 4.78 is 33.8. The lowest BCUT2D eigenvalue weighted by Gasteiger charge is -2.28. The number of nitrogens with one attached hydrogen (secondary N) is 1. The first kappa shape index (κ1) is 21.1. The molecule has 0 aliphatic rings. The van der Waals surface area contributed by atoms with E-state index in [2.05, 4.69) is 11.3 Å². The second-order valence-corrected chi connectivity index (χ2v) is 9.24. The maximum absolute atomic E-state index is 12.6. The van der Waals surface area contributed by atoms with E-state index in [1.165, 1.54) is 6.92 Å². The first-order valence-corrected chi connectivity index (χ1v) is 10.2. The van der Waals surface area contributed by atoms with Crippen LogP contribution >= 0.6 is 22.6 Å². The van der Waals surface area contributed by atoms with Gasteiger partial charge in [-0.15, -0.1) is 0 Å². The molecule has 0 bridgehead atoms. The number of carbonyl (C=O) groups is 1. The fraction of sp³-hybridized carbons (Fsp3) is 0.471. The summed E-state index contributed by atoms with van der Waals surface area (Å²) in [7, 11) is -3.74. The first-order valence-electron chi connectivity index (χ1n) is 7.63. The lowest BCUT2D eigenvalue weighted by molar-refractivity contribution is -0.147. The van der Waals surface area contributed by atoms with E-state index < -0.39 is 28.1 Å². The Bertz CT molecular complexity index is 683. The van der Waals surface area contributed by atoms with Crippen LogP contribution in [0.4, 0.5) is 0 Å². The maximum atomic E-state index is 12.6. The zero-order valence-corrected chi connectivity index (χ0v) is 17.3. The highest BCUT2D eigenvalue weighted by molar-refractivity contribution is 14.1. The van der Waals surface area contributed by atoms with E-state index >= 15 is 0 Å². The lowest BCUT2D eigenvalue weighted by Crippen LogP contribution is -2.45. The second kappa shape index (κ2) is 8.96. The summed E-state index contributed by atoms with van der Waals surface area (Å²) in [5.74, 6) is -0.214. The van der Waals surface area contributed by atoms with Crippen LogP contribution in [0.5, 0.6) is 0 Å². The molecular formula is C17H24INO4S. The van der Waals surface area contributed by atoms with Crippen molar-refractivity contribution < 1.29 is 17.9 Å². The van der Waals surface area contributed by atoms with Gasteiger partial charge in [0, 0.05) is 10.5 Å². The van der Waals surface area contributed by atoms with Crippen LogP contribution in [0.2, 0.25) is 0 Å². The molecule has 0 fully saturated rings. The van der Waals surface area contributed by atoms with Crippen LogP contribution in [0, 0.1) is 12.8 Å². The largest absolute Gasteiger partial charge is 0.460 e. The van der Waals surface area contributed by atoms with Crippen molar-refractivity contribution in [3.8, 4) is 0 Å². The molecule has 1 N–H and O–H groups in total. The quantitative estimate of drug-likeness (QED) is 0.471. The van der Waals surface area contributed by atoms with Gasteiger partial charge < -0.3 is 4.74 Å². The molecule has 5 nitrogen and oxygen atoms in total. The number of halogens is 1. The highest BCUT2D eigenvalue weighted by Crippen LogP contribution is 2.23. The van der Waals surface area contributed by atoms with E-state index in [4.69, 9.17) is 4.74 Å². The third-order valence-corrected chi connectivity index (χ3v) is 5.47. The monoisotopic (exact) mass is 465 g/mol. The summed E-state index contributed by atoms with van der Waals surface area (Å²) in [5.41, 5.74) is 0.974. The van der Waals surface area contributed by atoms with Crippen molar-refractivity contribution in [2.24, 2.45) is 5.92 Å². The third-order valence-electron chi connectivity index (χ3n) is 3.34. The van der Waals surface area contributed by atoms with Crippen LogP contribution in [-0.2, 0) is 19.6 Å². The number of benzene rings is 1. The molecule has 1 rings (SSSR count). The summed E-state index contributed by atoms with van der Waals surface area (Å²) in [6.07, 6.45) is -0.0741. The molecule has 0 saturated heterocycles. The highest BCUT2D eigenvalue weighted by atomic mass is 127. The van der Waals surface area contributed by atoms with Gasteiger partial charge in [-0.25, -0.2) is 8.42 Å². The van der Waals surface area contributed by atoms with Gasteiger partial charge in [0.15, 0.2) is 0 Å². The predicted octanol–water partition coefficient (Wildman–Crippen LogP) is 3.57. The number of esters is 1. The van der Waals surface area contributed by atoms with Crippen molar-refractivity contribution in [2.45, 2.75) is 51.2 Å². The van der Waals surface area contributed by atoms with Crippen molar-refractivity contribution in [3.63, 3.8) is 0 Å². The number of hydrogen-bond acceptors (Lipinski definition) is 4. The van der Waals surface area contributed by atoms with Crippen molar-refractivity contribution in [3.05, 3.63) is 40.0 Å². The molecule has 1 aromatic rings. The first-order chi connectivity index (χ1) is 11.0. The maximum Gasteiger partial charge on any atom is 0.302 e. The van der Waals surface area contributed by atoms with Crippen molar-refractivity contribution in [2.75, 3.05) is 0 Å². The molecular weight excluding hydrogens is 441 g/mol. The van der Waals surface area contributed by atoms with E-state index in [0.29, 0.717) is 10.0 Å². The number of hydrogen-bond donors (Lipinski definition) is 1. The Labute approximate surface area is 158 Å². The van der Waals surface area contributed by atoms with Gasteiger partial charge in [0.05, 0.1) is 10.9 Å². The lowest BCUT2D eigenvalue weighted by atomic mass is 10.0. The van der Waals surface area contributed by atoms with Gasteiger partial charge in [-0.1, -0.05) is 38.1 Å². The normalized spacial score (nSPS) is 14.2. The highest BCUT2D eigenvalue weighted by Gasteiger charge is 2.31. The van der Waals surface area contributed by atoms with Crippen molar-refractivity contribution in [1.82, 2.24) is 4.72 Å². The van der Waals surface area contributed by atoms with E-state index in [-0.39, 0.29) is 10.8 Å². The molecule has 0 aromatic heterocycles. The Kier molecular flexibility index (Phi) is 7.88.